The fourth-order valence-corrected chi connectivity index (χ4v) is 2.35. The highest BCUT2D eigenvalue weighted by Gasteiger charge is 2.31. The smallest absolute Gasteiger partial charge is 0.406 e. The molecule has 0 saturated carbocycles. The van der Waals surface area contributed by atoms with Crippen LogP contribution in [-0.2, 0) is 0 Å². The highest BCUT2D eigenvalue weighted by molar-refractivity contribution is 6.36. The van der Waals surface area contributed by atoms with Crippen molar-refractivity contribution >= 4 is 17.3 Å². The second-order valence-electron chi connectivity index (χ2n) is 4.61. The number of nitrogens with zero attached hydrogens (tertiary/aromatic N) is 1. The Labute approximate surface area is 125 Å². The summed E-state index contributed by atoms with van der Waals surface area (Å²) in [7, 11) is 3.68. The van der Waals surface area contributed by atoms with Crippen LogP contribution in [0.15, 0.2) is 42.5 Å². The molecule has 2 nitrogen and oxygen atoms in total. The van der Waals surface area contributed by atoms with E-state index in [2.05, 4.69) is 4.74 Å². The number of halogens is 4. The van der Waals surface area contributed by atoms with Crippen molar-refractivity contribution in [2.75, 3.05) is 19.0 Å². The van der Waals surface area contributed by atoms with Gasteiger partial charge >= 0.3 is 6.36 Å². The van der Waals surface area contributed by atoms with E-state index in [1.54, 1.807) is 18.2 Å². The maximum Gasteiger partial charge on any atom is 0.573 e. The van der Waals surface area contributed by atoms with Crippen LogP contribution in [0.3, 0.4) is 0 Å². The third-order valence-corrected chi connectivity index (χ3v) is 3.24. The minimum atomic E-state index is -4.71. The summed E-state index contributed by atoms with van der Waals surface area (Å²) in [4.78, 5) is 1.84. The van der Waals surface area contributed by atoms with Gasteiger partial charge in [0.1, 0.15) is 5.75 Å². The number of alkyl halides is 3. The molecular weight excluding hydrogens is 303 g/mol. The first-order valence-corrected chi connectivity index (χ1v) is 6.48. The summed E-state index contributed by atoms with van der Waals surface area (Å²) in [6.07, 6.45) is -4.71. The van der Waals surface area contributed by atoms with Crippen LogP contribution >= 0.6 is 11.6 Å². The molecule has 21 heavy (non-hydrogen) atoms. The number of benzene rings is 2. The molecule has 0 radical (unpaired) electrons. The highest BCUT2D eigenvalue weighted by atomic mass is 35.5. The summed E-state index contributed by atoms with van der Waals surface area (Å²) in [6, 6.07) is 11.1. The standard InChI is InChI=1S/C15H13ClF3NO/c1-20(2)13-8-4-7-12(14(13)16)10-5-3-6-11(9-10)21-15(17,18)19/h3-9H,1-2H3. The highest BCUT2D eigenvalue weighted by Crippen LogP contribution is 2.36. The lowest BCUT2D eigenvalue weighted by Crippen LogP contribution is -2.17. The van der Waals surface area contributed by atoms with Gasteiger partial charge in [0.2, 0.25) is 0 Å². The summed E-state index contributed by atoms with van der Waals surface area (Å²) in [6.45, 7) is 0. The Bertz CT molecular complexity index is 641. The van der Waals surface area contributed by atoms with Gasteiger partial charge in [0.15, 0.2) is 0 Å². The van der Waals surface area contributed by atoms with Crippen molar-refractivity contribution < 1.29 is 17.9 Å². The average Bonchev–Trinajstić information content (AvgIpc) is 2.36. The van der Waals surface area contributed by atoms with Gasteiger partial charge in [0, 0.05) is 19.7 Å². The van der Waals surface area contributed by atoms with E-state index in [1.165, 1.54) is 18.2 Å². The Hall–Kier alpha value is -1.88. The first-order chi connectivity index (χ1) is 9.78. The topological polar surface area (TPSA) is 12.5 Å². The first kappa shape index (κ1) is 15.5. The summed E-state index contributed by atoms with van der Waals surface area (Å²) in [5.41, 5.74) is 2.00. The Morgan fingerprint density at radius 1 is 1.05 bits per heavy atom. The van der Waals surface area contributed by atoms with E-state index < -0.39 is 6.36 Å². The molecule has 2 rings (SSSR count). The van der Waals surface area contributed by atoms with E-state index in [4.69, 9.17) is 11.6 Å². The molecular formula is C15H13ClF3NO. The SMILES string of the molecule is CN(C)c1cccc(-c2cccc(OC(F)(F)F)c2)c1Cl. The molecule has 0 atom stereocenters. The van der Waals surface area contributed by atoms with Crippen molar-refractivity contribution in [2.45, 2.75) is 6.36 Å². The molecule has 0 heterocycles. The second-order valence-corrected chi connectivity index (χ2v) is 4.99. The van der Waals surface area contributed by atoms with Crippen LogP contribution in [-0.4, -0.2) is 20.5 Å². The van der Waals surface area contributed by atoms with Crippen molar-refractivity contribution in [3.8, 4) is 16.9 Å². The van der Waals surface area contributed by atoms with E-state index in [9.17, 15) is 13.2 Å². The van der Waals surface area contributed by atoms with Crippen LogP contribution in [0, 0.1) is 0 Å². The normalized spacial score (nSPS) is 11.3. The Kier molecular flexibility index (Phi) is 4.32. The predicted octanol–water partition coefficient (Wildman–Crippen LogP) is 4.97. The van der Waals surface area contributed by atoms with Crippen molar-refractivity contribution in [1.82, 2.24) is 0 Å². The first-order valence-electron chi connectivity index (χ1n) is 6.10. The van der Waals surface area contributed by atoms with E-state index >= 15 is 0 Å². The van der Waals surface area contributed by atoms with Gasteiger partial charge in [-0.15, -0.1) is 13.2 Å². The summed E-state index contributed by atoms with van der Waals surface area (Å²) in [5.74, 6) is -0.272. The van der Waals surface area contributed by atoms with Gasteiger partial charge < -0.3 is 9.64 Å². The maximum absolute atomic E-state index is 12.3. The van der Waals surface area contributed by atoms with Gasteiger partial charge in [0.25, 0.3) is 0 Å². The van der Waals surface area contributed by atoms with Crippen molar-refractivity contribution in [3.63, 3.8) is 0 Å². The Balaban J connectivity index is 2.43. The monoisotopic (exact) mass is 315 g/mol. The zero-order valence-electron chi connectivity index (χ0n) is 11.4. The molecule has 0 aliphatic carbocycles. The van der Waals surface area contributed by atoms with Crippen molar-refractivity contribution in [1.29, 1.82) is 0 Å². The van der Waals surface area contributed by atoms with Crippen LogP contribution in [0.4, 0.5) is 18.9 Å². The van der Waals surface area contributed by atoms with Crippen LogP contribution < -0.4 is 9.64 Å². The van der Waals surface area contributed by atoms with E-state index in [0.717, 1.165) is 5.69 Å². The van der Waals surface area contributed by atoms with Gasteiger partial charge in [0.05, 0.1) is 10.7 Å². The summed E-state index contributed by atoms with van der Waals surface area (Å²) < 4.78 is 40.7. The predicted molar refractivity (Wildman–Crippen MR) is 77.9 cm³/mol. The molecule has 0 aromatic heterocycles. The molecule has 0 bridgehead atoms. The third-order valence-electron chi connectivity index (χ3n) is 2.84. The van der Waals surface area contributed by atoms with Gasteiger partial charge in [-0.3, -0.25) is 0 Å². The number of anilines is 1. The van der Waals surface area contributed by atoms with Crippen LogP contribution in [0.25, 0.3) is 11.1 Å². The number of hydrogen-bond acceptors (Lipinski definition) is 2. The van der Waals surface area contributed by atoms with Crippen LogP contribution in [0.2, 0.25) is 5.02 Å². The minimum absolute atomic E-state index is 0.272. The quantitative estimate of drug-likeness (QED) is 0.792. The van der Waals surface area contributed by atoms with E-state index in [1.807, 2.05) is 25.1 Å². The lowest BCUT2D eigenvalue weighted by molar-refractivity contribution is -0.274. The van der Waals surface area contributed by atoms with Gasteiger partial charge in [-0.2, -0.15) is 0 Å². The molecule has 0 unspecified atom stereocenters. The molecule has 112 valence electrons. The van der Waals surface area contributed by atoms with Crippen LogP contribution in [0.1, 0.15) is 0 Å². The third kappa shape index (κ3) is 3.82. The maximum atomic E-state index is 12.3. The molecule has 0 amide bonds. The molecule has 0 aliphatic rings. The fraction of sp³-hybridized carbons (Fsp3) is 0.200. The van der Waals surface area contributed by atoms with Crippen molar-refractivity contribution in [2.24, 2.45) is 0 Å². The molecule has 6 heteroatoms. The average molecular weight is 316 g/mol. The van der Waals surface area contributed by atoms with E-state index in [0.29, 0.717) is 16.1 Å². The summed E-state index contributed by atoms with van der Waals surface area (Å²) >= 11 is 6.32. The molecule has 0 fully saturated rings. The minimum Gasteiger partial charge on any atom is -0.406 e. The fourth-order valence-electron chi connectivity index (χ4n) is 1.95. The Morgan fingerprint density at radius 2 is 1.71 bits per heavy atom. The van der Waals surface area contributed by atoms with Crippen molar-refractivity contribution in [3.05, 3.63) is 47.5 Å². The second kappa shape index (κ2) is 5.85. The van der Waals surface area contributed by atoms with Gasteiger partial charge in [-0.05, 0) is 23.8 Å². The van der Waals surface area contributed by atoms with Gasteiger partial charge in [-0.1, -0.05) is 35.9 Å². The largest absolute Gasteiger partial charge is 0.573 e. The molecule has 0 aliphatic heterocycles. The lowest BCUT2D eigenvalue weighted by Gasteiger charge is -2.17. The van der Waals surface area contributed by atoms with Crippen LogP contribution in [0.5, 0.6) is 5.75 Å². The molecule has 0 N–H and O–H groups in total. The zero-order valence-corrected chi connectivity index (χ0v) is 12.2. The number of hydrogen-bond donors (Lipinski definition) is 0. The molecule has 0 saturated heterocycles. The van der Waals surface area contributed by atoms with Gasteiger partial charge in [-0.25, -0.2) is 0 Å². The van der Waals surface area contributed by atoms with E-state index in [-0.39, 0.29) is 5.75 Å². The molecule has 0 spiro atoms. The zero-order chi connectivity index (χ0) is 15.6. The lowest BCUT2D eigenvalue weighted by atomic mass is 10.0. The number of rotatable bonds is 3. The Morgan fingerprint density at radius 3 is 2.33 bits per heavy atom. The summed E-state index contributed by atoms with van der Waals surface area (Å²) in [5, 5.41) is 0.478. The number of ether oxygens (including phenoxy) is 1. The molecule has 2 aromatic rings. The molecule has 2 aromatic carbocycles.